The molecule has 0 N–H and O–H groups in total. The summed E-state index contributed by atoms with van der Waals surface area (Å²) in [5, 5.41) is 10.6. The number of nitro groups is 1. The Morgan fingerprint density at radius 3 is 2.14 bits per heavy atom. The molecule has 1 fully saturated rings. The Kier molecular flexibility index (Phi) is 2.02. The van der Waals surface area contributed by atoms with Gasteiger partial charge in [-0.2, -0.15) is 0 Å². The number of hydrogen-bond donors (Lipinski definition) is 0. The van der Waals surface area contributed by atoms with Crippen LogP contribution in [0.2, 0.25) is 0 Å². The first kappa shape index (κ1) is 9.19. The van der Waals surface area contributed by atoms with Gasteiger partial charge in [-0.3, -0.25) is 10.1 Å². The molecule has 0 amide bonds. The van der Waals surface area contributed by atoms with Crippen molar-refractivity contribution in [3.8, 4) is 0 Å². The standard InChI is InChI=1S/C11H13NO2/c1-7-5-10(12(13)14)6-8(2)11(7)9-3-4-9/h5-6,9H,3-4H2,1-2H3. The van der Waals surface area contributed by atoms with Crippen molar-refractivity contribution >= 4 is 5.69 Å². The van der Waals surface area contributed by atoms with E-state index in [1.54, 1.807) is 12.1 Å². The molecule has 0 heterocycles. The highest BCUT2D eigenvalue weighted by Gasteiger charge is 2.27. The summed E-state index contributed by atoms with van der Waals surface area (Å²) in [4.78, 5) is 10.3. The number of nitrogens with zero attached hydrogens (tertiary/aromatic N) is 1. The van der Waals surface area contributed by atoms with Crippen LogP contribution in [-0.4, -0.2) is 4.92 Å². The first-order valence-corrected chi connectivity index (χ1v) is 4.85. The maximum atomic E-state index is 10.6. The summed E-state index contributed by atoms with van der Waals surface area (Å²) >= 11 is 0. The second-order valence-corrected chi connectivity index (χ2v) is 4.02. The van der Waals surface area contributed by atoms with E-state index in [4.69, 9.17) is 0 Å². The number of nitro benzene ring substituents is 1. The van der Waals surface area contributed by atoms with E-state index in [-0.39, 0.29) is 10.6 Å². The Labute approximate surface area is 82.9 Å². The van der Waals surface area contributed by atoms with Crippen LogP contribution < -0.4 is 0 Å². The minimum absolute atomic E-state index is 0.212. The molecule has 1 saturated carbocycles. The molecular weight excluding hydrogens is 178 g/mol. The van der Waals surface area contributed by atoms with Gasteiger partial charge in [0.2, 0.25) is 0 Å². The van der Waals surface area contributed by atoms with E-state index in [0.717, 1.165) is 11.1 Å². The Morgan fingerprint density at radius 1 is 1.29 bits per heavy atom. The van der Waals surface area contributed by atoms with Gasteiger partial charge in [0.15, 0.2) is 0 Å². The van der Waals surface area contributed by atoms with Crippen LogP contribution in [0.1, 0.15) is 35.4 Å². The maximum Gasteiger partial charge on any atom is 0.269 e. The maximum absolute atomic E-state index is 10.6. The van der Waals surface area contributed by atoms with Crippen LogP contribution in [-0.2, 0) is 0 Å². The van der Waals surface area contributed by atoms with Gasteiger partial charge in [0.25, 0.3) is 5.69 Å². The van der Waals surface area contributed by atoms with Crippen LogP contribution in [0.5, 0.6) is 0 Å². The molecule has 74 valence electrons. The van der Waals surface area contributed by atoms with Crippen molar-refractivity contribution in [3.63, 3.8) is 0 Å². The Morgan fingerprint density at radius 2 is 1.79 bits per heavy atom. The molecule has 1 aliphatic carbocycles. The molecule has 1 aromatic carbocycles. The summed E-state index contributed by atoms with van der Waals surface area (Å²) in [6.45, 7) is 3.93. The molecule has 0 atom stereocenters. The molecule has 3 nitrogen and oxygen atoms in total. The zero-order valence-electron chi connectivity index (χ0n) is 8.41. The monoisotopic (exact) mass is 191 g/mol. The van der Waals surface area contributed by atoms with Crippen molar-refractivity contribution < 1.29 is 4.92 Å². The van der Waals surface area contributed by atoms with Gasteiger partial charge in [-0.25, -0.2) is 0 Å². The van der Waals surface area contributed by atoms with Gasteiger partial charge in [0.1, 0.15) is 0 Å². The fourth-order valence-electron chi connectivity index (χ4n) is 2.07. The van der Waals surface area contributed by atoms with Crippen molar-refractivity contribution in [1.29, 1.82) is 0 Å². The molecule has 2 rings (SSSR count). The normalized spacial score (nSPS) is 15.6. The van der Waals surface area contributed by atoms with Crippen molar-refractivity contribution in [2.75, 3.05) is 0 Å². The highest BCUT2D eigenvalue weighted by atomic mass is 16.6. The minimum atomic E-state index is -0.323. The molecule has 1 aromatic rings. The van der Waals surface area contributed by atoms with Crippen molar-refractivity contribution in [3.05, 3.63) is 38.9 Å². The number of hydrogen-bond acceptors (Lipinski definition) is 2. The topological polar surface area (TPSA) is 43.1 Å². The third-order valence-electron chi connectivity index (χ3n) is 2.77. The van der Waals surface area contributed by atoms with Crippen LogP contribution in [0.4, 0.5) is 5.69 Å². The zero-order chi connectivity index (χ0) is 10.3. The van der Waals surface area contributed by atoms with E-state index < -0.39 is 0 Å². The molecular formula is C11H13NO2. The van der Waals surface area contributed by atoms with Crippen molar-refractivity contribution in [2.45, 2.75) is 32.6 Å². The smallest absolute Gasteiger partial charge is 0.258 e. The SMILES string of the molecule is Cc1cc([N+](=O)[O-])cc(C)c1C1CC1. The Balaban J connectivity index is 2.49. The lowest BCUT2D eigenvalue weighted by Crippen LogP contribution is -1.95. The van der Waals surface area contributed by atoms with Crippen LogP contribution >= 0.6 is 0 Å². The summed E-state index contributed by atoms with van der Waals surface area (Å²) in [6, 6.07) is 3.36. The van der Waals surface area contributed by atoms with E-state index in [9.17, 15) is 10.1 Å². The quantitative estimate of drug-likeness (QED) is 0.532. The second kappa shape index (κ2) is 3.08. The van der Waals surface area contributed by atoms with E-state index in [0.29, 0.717) is 5.92 Å². The van der Waals surface area contributed by atoms with Crippen LogP contribution in [0.15, 0.2) is 12.1 Å². The summed E-state index contributed by atoms with van der Waals surface area (Å²) in [6.07, 6.45) is 2.47. The highest BCUT2D eigenvalue weighted by molar-refractivity contribution is 5.47. The van der Waals surface area contributed by atoms with E-state index >= 15 is 0 Å². The van der Waals surface area contributed by atoms with E-state index in [2.05, 4.69) is 0 Å². The van der Waals surface area contributed by atoms with Crippen LogP contribution in [0.3, 0.4) is 0 Å². The molecule has 3 heteroatoms. The molecule has 0 bridgehead atoms. The van der Waals surface area contributed by atoms with E-state index in [1.165, 1.54) is 18.4 Å². The fourth-order valence-corrected chi connectivity index (χ4v) is 2.07. The van der Waals surface area contributed by atoms with Crippen LogP contribution in [0, 0.1) is 24.0 Å². The lowest BCUT2D eigenvalue weighted by atomic mass is 9.98. The first-order chi connectivity index (χ1) is 6.59. The molecule has 0 saturated heterocycles. The minimum Gasteiger partial charge on any atom is -0.258 e. The van der Waals surface area contributed by atoms with E-state index in [1.807, 2.05) is 13.8 Å². The summed E-state index contributed by atoms with van der Waals surface area (Å²) < 4.78 is 0. The number of benzene rings is 1. The van der Waals surface area contributed by atoms with Gasteiger partial charge in [0.05, 0.1) is 4.92 Å². The lowest BCUT2D eigenvalue weighted by molar-refractivity contribution is -0.385. The van der Waals surface area contributed by atoms with Gasteiger partial charge in [0, 0.05) is 12.1 Å². The molecule has 1 aliphatic rings. The van der Waals surface area contributed by atoms with Gasteiger partial charge in [-0.1, -0.05) is 0 Å². The van der Waals surface area contributed by atoms with Crippen LogP contribution in [0.25, 0.3) is 0 Å². The van der Waals surface area contributed by atoms with Gasteiger partial charge >= 0.3 is 0 Å². The summed E-state index contributed by atoms with van der Waals surface area (Å²) in [5.74, 6) is 0.663. The fraction of sp³-hybridized carbons (Fsp3) is 0.455. The Bertz CT molecular complexity index is 371. The predicted octanol–water partition coefficient (Wildman–Crippen LogP) is 3.09. The third-order valence-corrected chi connectivity index (χ3v) is 2.77. The third kappa shape index (κ3) is 1.50. The average molecular weight is 191 g/mol. The summed E-state index contributed by atoms with van der Waals surface area (Å²) in [7, 11) is 0. The average Bonchev–Trinajstić information content (AvgIpc) is 2.86. The van der Waals surface area contributed by atoms with Gasteiger partial charge in [-0.05, 0) is 49.3 Å². The number of aryl methyl sites for hydroxylation is 2. The zero-order valence-corrected chi connectivity index (χ0v) is 8.41. The molecule has 0 aliphatic heterocycles. The molecule has 0 unspecified atom stereocenters. The molecule has 0 aromatic heterocycles. The van der Waals surface area contributed by atoms with Gasteiger partial charge < -0.3 is 0 Å². The first-order valence-electron chi connectivity index (χ1n) is 4.85. The predicted molar refractivity (Wildman–Crippen MR) is 54.5 cm³/mol. The summed E-state index contributed by atoms with van der Waals surface area (Å²) in [5.41, 5.74) is 3.68. The highest BCUT2D eigenvalue weighted by Crippen LogP contribution is 2.43. The van der Waals surface area contributed by atoms with Crippen molar-refractivity contribution in [2.24, 2.45) is 0 Å². The molecule has 0 radical (unpaired) electrons. The molecule has 0 spiro atoms. The Hall–Kier alpha value is -1.38. The second-order valence-electron chi connectivity index (χ2n) is 4.02. The molecule has 14 heavy (non-hydrogen) atoms. The van der Waals surface area contributed by atoms with Gasteiger partial charge in [-0.15, -0.1) is 0 Å². The number of non-ortho nitro benzene ring substituents is 1. The largest absolute Gasteiger partial charge is 0.269 e. The number of rotatable bonds is 2. The van der Waals surface area contributed by atoms with Crippen molar-refractivity contribution in [1.82, 2.24) is 0 Å². The lowest BCUT2D eigenvalue weighted by Gasteiger charge is -2.07.